The number of fused-ring (bicyclic) bond motifs is 2. The van der Waals surface area contributed by atoms with Crippen LogP contribution in [0.25, 0.3) is 22.7 Å². The van der Waals surface area contributed by atoms with E-state index in [0.29, 0.717) is 30.0 Å². The largest absolute Gasteiger partial charge is 0.444 e. The second kappa shape index (κ2) is 8.82. The van der Waals surface area contributed by atoms with Crippen LogP contribution in [0.3, 0.4) is 0 Å². The van der Waals surface area contributed by atoms with E-state index in [4.69, 9.17) is 4.74 Å². The Balaban J connectivity index is 1.43. The van der Waals surface area contributed by atoms with Crippen molar-refractivity contribution in [2.24, 2.45) is 0 Å². The highest BCUT2D eigenvalue weighted by Crippen LogP contribution is 2.25. The van der Waals surface area contributed by atoms with Crippen LogP contribution < -0.4 is 10.6 Å². The van der Waals surface area contributed by atoms with Crippen LogP contribution in [-0.4, -0.2) is 65.5 Å². The fourth-order valence-corrected chi connectivity index (χ4v) is 4.83. The second-order valence-corrected chi connectivity index (χ2v) is 10.6. The van der Waals surface area contributed by atoms with Crippen molar-refractivity contribution in [3.63, 3.8) is 0 Å². The Morgan fingerprint density at radius 1 is 1.05 bits per heavy atom. The summed E-state index contributed by atoms with van der Waals surface area (Å²) >= 11 is 0. The van der Waals surface area contributed by atoms with Crippen molar-refractivity contribution >= 4 is 23.1 Å². The normalized spacial score (nSPS) is 18.6. The number of rotatable bonds is 2. The first-order valence-corrected chi connectivity index (χ1v) is 12.2. The number of pyridine rings is 2. The minimum absolute atomic E-state index is 0.0960. The molecule has 0 radical (unpaired) electrons. The van der Waals surface area contributed by atoms with E-state index in [1.54, 1.807) is 40.9 Å². The maximum atomic E-state index is 14.6. The summed E-state index contributed by atoms with van der Waals surface area (Å²) < 4.78 is 23.1. The zero-order valence-corrected chi connectivity index (χ0v) is 21.8. The van der Waals surface area contributed by atoms with E-state index in [-0.39, 0.29) is 29.6 Å². The Hall–Kier alpha value is -4.02. The number of imidazole rings is 1. The number of amides is 1. The molecule has 1 amide bonds. The van der Waals surface area contributed by atoms with Crippen molar-refractivity contribution in [1.29, 1.82) is 0 Å². The van der Waals surface area contributed by atoms with Gasteiger partial charge in [0.25, 0.3) is 0 Å². The van der Waals surface area contributed by atoms with E-state index in [2.05, 4.69) is 19.9 Å². The molecule has 1 aliphatic heterocycles. The zero-order chi connectivity index (χ0) is 26.6. The van der Waals surface area contributed by atoms with Gasteiger partial charge in [0, 0.05) is 37.2 Å². The van der Waals surface area contributed by atoms with Crippen molar-refractivity contribution in [3.05, 3.63) is 58.8 Å². The molecule has 5 rings (SSSR count). The van der Waals surface area contributed by atoms with Crippen LogP contribution in [0.15, 0.2) is 41.6 Å². The van der Waals surface area contributed by atoms with Crippen LogP contribution in [-0.2, 0) is 4.74 Å². The fraction of sp³-hybridized carbons (Fsp3) is 0.423. The molecule has 0 saturated carbocycles. The Labute approximate surface area is 213 Å². The average molecular weight is 508 g/mol. The first-order chi connectivity index (χ1) is 17.4. The predicted octanol–water partition coefficient (Wildman–Crippen LogP) is 3.69. The number of aryl methyl sites for hydroxylation is 1. The number of anilines is 1. The molecule has 1 saturated heterocycles. The van der Waals surface area contributed by atoms with Crippen LogP contribution in [0.2, 0.25) is 0 Å². The highest BCUT2D eigenvalue weighted by Gasteiger charge is 2.35. The van der Waals surface area contributed by atoms with E-state index in [0.717, 1.165) is 5.69 Å². The zero-order valence-electron chi connectivity index (χ0n) is 21.8. The smallest absolute Gasteiger partial charge is 0.410 e. The third-order valence-corrected chi connectivity index (χ3v) is 6.31. The SMILES string of the molecule is Cc1cn2cc(-c3nc(=O)n4cc(N5CC(C)N(C(=O)OC(C)(C)C)C(C)C5)ccc4n3)cc(F)c2n1. The second-order valence-electron chi connectivity index (χ2n) is 10.6. The van der Waals surface area contributed by atoms with E-state index in [1.807, 2.05) is 40.7 Å². The van der Waals surface area contributed by atoms with Gasteiger partial charge in [-0.15, -0.1) is 0 Å². The van der Waals surface area contributed by atoms with Gasteiger partial charge in [-0.25, -0.2) is 28.3 Å². The van der Waals surface area contributed by atoms with Gasteiger partial charge in [-0.1, -0.05) is 0 Å². The quantitative estimate of drug-likeness (QED) is 0.408. The topological polar surface area (TPSA) is 97.3 Å². The Kier molecular flexibility index (Phi) is 5.88. The Morgan fingerprint density at radius 3 is 2.43 bits per heavy atom. The van der Waals surface area contributed by atoms with E-state index < -0.39 is 17.1 Å². The van der Waals surface area contributed by atoms with E-state index >= 15 is 0 Å². The number of halogens is 1. The van der Waals surface area contributed by atoms with Gasteiger partial charge < -0.3 is 14.0 Å². The van der Waals surface area contributed by atoms with Gasteiger partial charge in [-0.05, 0) is 59.7 Å². The summed E-state index contributed by atoms with van der Waals surface area (Å²) in [6.45, 7) is 12.4. The molecule has 0 N–H and O–H groups in total. The summed E-state index contributed by atoms with van der Waals surface area (Å²) in [5, 5.41) is 0. The van der Waals surface area contributed by atoms with Crippen LogP contribution in [0, 0.1) is 12.7 Å². The lowest BCUT2D eigenvalue weighted by molar-refractivity contribution is 0.00565. The van der Waals surface area contributed by atoms with Gasteiger partial charge in [0.2, 0.25) is 0 Å². The molecule has 10 nitrogen and oxygen atoms in total. The van der Waals surface area contributed by atoms with Crippen LogP contribution >= 0.6 is 0 Å². The van der Waals surface area contributed by atoms with E-state index in [9.17, 15) is 14.0 Å². The molecule has 194 valence electrons. The molecule has 0 aliphatic carbocycles. The lowest BCUT2D eigenvalue weighted by Crippen LogP contribution is -2.59. The minimum atomic E-state index is -0.568. The maximum absolute atomic E-state index is 14.6. The maximum Gasteiger partial charge on any atom is 0.410 e. The highest BCUT2D eigenvalue weighted by molar-refractivity contribution is 5.70. The summed E-state index contributed by atoms with van der Waals surface area (Å²) in [5.74, 6) is -0.378. The van der Waals surface area contributed by atoms with Crippen LogP contribution in [0.1, 0.15) is 40.3 Å². The number of nitrogens with zero attached hydrogens (tertiary/aromatic N) is 7. The molecule has 0 spiro atoms. The molecule has 4 aromatic rings. The van der Waals surface area contributed by atoms with E-state index in [1.165, 1.54) is 10.5 Å². The summed E-state index contributed by atoms with van der Waals surface area (Å²) in [7, 11) is 0. The number of carbonyl (C=O) groups excluding carboxylic acids is 1. The molecule has 5 heterocycles. The molecule has 2 unspecified atom stereocenters. The van der Waals surface area contributed by atoms with Gasteiger partial charge in [-0.2, -0.15) is 4.98 Å². The average Bonchev–Trinajstić information content (AvgIpc) is 3.18. The number of hydrogen-bond donors (Lipinski definition) is 0. The number of carbonyl (C=O) groups is 1. The molecule has 37 heavy (non-hydrogen) atoms. The molecule has 1 fully saturated rings. The lowest BCUT2D eigenvalue weighted by atomic mass is 10.1. The molecule has 0 aromatic carbocycles. The first kappa shape index (κ1) is 24.7. The fourth-order valence-electron chi connectivity index (χ4n) is 4.83. The summed E-state index contributed by atoms with van der Waals surface area (Å²) in [6, 6.07) is 4.72. The number of piperazine rings is 1. The molecule has 11 heteroatoms. The summed E-state index contributed by atoms with van der Waals surface area (Å²) in [4.78, 5) is 42.4. The van der Waals surface area contributed by atoms with Crippen molar-refractivity contribution in [2.45, 2.75) is 59.2 Å². The number of hydrogen-bond acceptors (Lipinski definition) is 7. The molecule has 0 bridgehead atoms. The van der Waals surface area contributed by atoms with Gasteiger partial charge in [0.1, 0.15) is 11.2 Å². The van der Waals surface area contributed by atoms with Crippen LogP contribution in [0.4, 0.5) is 14.9 Å². The predicted molar refractivity (Wildman–Crippen MR) is 137 cm³/mol. The molecule has 4 aromatic heterocycles. The highest BCUT2D eigenvalue weighted by atomic mass is 19.1. The van der Waals surface area contributed by atoms with Gasteiger partial charge >= 0.3 is 11.8 Å². The third kappa shape index (κ3) is 4.73. The molecular formula is C26H30FN7O3. The molecule has 1 aliphatic rings. The standard InChI is InChI=1S/C26H30FN7O3/c1-15-10-32-13-18(9-20(27)23(32)28-15)22-29-21-8-7-19(14-33(21)24(35)30-22)31-11-16(2)34(17(3)12-31)25(36)37-26(4,5)6/h7-10,13-14,16-17H,11-12H2,1-6H3. The number of aromatic nitrogens is 5. The van der Waals surface area contributed by atoms with Gasteiger partial charge in [-0.3, -0.25) is 4.90 Å². The minimum Gasteiger partial charge on any atom is -0.444 e. The summed E-state index contributed by atoms with van der Waals surface area (Å²) in [5.41, 5.74) is 1.40. The molecular weight excluding hydrogens is 477 g/mol. The summed E-state index contributed by atoms with van der Waals surface area (Å²) in [6.07, 6.45) is 4.73. The Morgan fingerprint density at radius 2 is 1.76 bits per heavy atom. The monoisotopic (exact) mass is 507 g/mol. The van der Waals surface area contributed by atoms with Crippen molar-refractivity contribution in [3.8, 4) is 11.4 Å². The third-order valence-electron chi connectivity index (χ3n) is 6.31. The lowest BCUT2D eigenvalue weighted by Gasteiger charge is -2.45. The van der Waals surface area contributed by atoms with Crippen molar-refractivity contribution in [1.82, 2.24) is 28.7 Å². The van der Waals surface area contributed by atoms with Crippen molar-refractivity contribution in [2.75, 3.05) is 18.0 Å². The van der Waals surface area contributed by atoms with Crippen LogP contribution in [0.5, 0.6) is 0 Å². The van der Waals surface area contributed by atoms with Gasteiger partial charge in [0.05, 0.1) is 23.5 Å². The van der Waals surface area contributed by atoms with Gasteiger partial charge in [0.15, 0.2) is 17.3 Å². The molecule has 2 atom stereocenters. The van der Waals surface area contributed by atoms with Crippen molar-refractivity contribution < 1.29 is 13.9 Å². The first-order valence-electron chi connectivity index (χ1n) is 12.2. The Bertz CT molecular complexity index is 1560. The number of ether oxygens (including phenoxy) is 1.